The van der Waals surface area contributed by atoms with Gasteiger partial charge in [-0.2, -0.15) is 0 Å². The fourth-order valence-electron chi connectivity index (χ4n) is 1.99. The monoisotopic (exact) mass is 295 g/mol. The number of hydrogen-bond donors (Lipinski definition) is 2. The molecule has 1 aromatic carbocycles. The zero-order valence-corrected chi connectivity index (χ0v) is 13.4. The minimum atomic E-state index is -0.366. The molecule has 1 rings (SSSR count). The van der Waals surface area contributed by atoms with Crippen molar-refractivity contribution in [2.45, 2.75) is 26.2 Å². The molecule has 0 heterocycles. The Labute approximate surface area is 126 Å². The van der Waals surface area contributed by atoms with Gasteiger partial charge in [-0.25, -0.2) is 4.39 Å². The maximum Gasteiger partial charge on any atom is 0.191 e. The van der Waals surface area contributed by atoms with Crippen molar-refractivity contribution >= 4 is 5.96 Å². The lowest BCUT2D eigenvalue weighted by atomic mass is 9.84. The van der Waals surface area contributed by atoms with Crippen LogP contribution in [0.3, 0.4) is 0 Å². The molecule has 0 saturated carbocycles. The van der Waals surface area contributed by atoms with E-state index in [2.05, 4.69) is 15.6 Å². The molecule has 0 unspecified atom stereocenters. The van der Waals surface area contributed by atoms with Gasteiger partial charge in [-0.1, -0.05) is 32.0 Å². The van der Waals surface area contributed by atoms with Crippen LogP contribution in [0.1, 0.15) is 26.3 Å². The summed E-state index contributed by atoms with van der Waals surface area (Å²) >= 11 is 0. The molecule has 118 valence electrons. The average molecular weight is 295 g/mol. The van der Waals surface area contributed by atoms with Gasteiger partial charge in [0.1, 0.15) is 5.82 Å². The molecular formula is C16H26FN3O. The predicted octanol–water partition coefficient (Wildman–Crippen LogP) is 2.30. The largest absolute Gasteiger partial charge is 0.383 e. The number of ether oxygens (including phenoxy) is 1. The predicted molar refractivity (Wildman–Crippen MR) is 85.3 cm³/mol. The smallest absolute Gasteiger partial charge is 0.191 e. The maximum absolute atomic E-state index is 13.9. The second-order valence-electron chi connectivity index (χ2n) is 5.48. The Kier molecular flexibility index (Phi) is 7.15. The molecule has 0 amide bonds. The first-order valence-electron chi connectivity index (χ1n) is 7.27. The van der Waals surface area contributed by atoms with Crippen LogP contribution in [0.4, 0.5) is 4.39 Å². The average Bonchev–Trinajstić information content (AvgIpc) is 2.45. The van der Waals surface area contributed by atoms with Crippen LogP contribution in [0.15, 0.2) is 29.3 Å². The number of rotatable bonds is 7. The topological polar surface area (TPSA) is 45.7 Å². The lowest BCUT2D eigenvalue weighted by Gasteiger charge is -2.24. The van der Waals surface area contributed by atoms with Crippen LogP contribution in [-0.4, -0.2) is 39.3 Å². The van der Waals surface area contributed by atoms with Gasteiger partial charge in [0.2, 0.25) is 0 Å². The summed E-state index contributed by atoms with van der Waals surface area (Å²) in [7, 11) is 1.66. The molecule has 0 saturated heterocycles. The standard InChI is InChI=1S/C16H26FN3O/c1-5-18-15(19-10-11-21-4)20-12-16(2,3)13-8-6-7-9-14(13)17/h6-9H,5,10-12H2,1-4H3,(H2,18,19,20). The van der Waals surface area contributed by atoms with Gasteiger partial charge >= 0.3 is 0 Å². The normalized spacial score (nSPS) is 12.3. The van der Waals surface area contributed by atoms with Gasteiger partial charge in [-0.3, -0.25) is 4.99 Å². The third-order valence-electron chi connectivity index (χ3n) is 3.18. The van der Waals surface area contributed by atoms with Crippen LogP contribution in [0, 0.1) is 5.82 Å². The molecule has 5 heteroatoms. The van der Waals surface area contributed by atoms with E-state index in [1.807, 2.05) is 32.9 Å². The van der Waals surface area contributed by atoms with Crippen molar-refractivity contribution in [2.75, 3.05) is 33.4 Å². The first-order chi connectivity index (χ1) is 10.0. The van der Waals surface area contributed by atoms with Crippen LogP contribution in [0.2, 0.25) is 0 Å². The molecule has 2 N–H and O–H groups in total. The van der Waals surface area contributed by atoms with E-state index in [0.717, 1.165) is 12.5 Å². The third-order valence-corrected chi connectivity index (χ3v) is 3.18. The van der Waals surface area contributed by atoms with Crippen molar-refractivity contribution in [3.63, 3.8) is 0 Å². The summed E-state index contributed by atoms with van der Waals surface area (Å²) in [6.07, 6.45) is 0. The van der Waals surface area contributed by atoms with Crippen LogP contribution < -0.4 is 10.6 Å². The fraction of sp³-hybridized carbons (Fsp3) is 0.562. The second-order valence-corrected chi connectivity index (χ2v) is 5.48. The minimum absolute atomic E-state index is 0.185. The van der Waals surface area contributed by atoms with Crippen molar-refractivity contribution in [3.8, 4) is 0 Å². The Balaban J connectivity index is 2.75. The van der Waals surface area contributed by atoms with Gasteiger partial charge < -0.3 is 15.4 Å². The first-order valence-corrected chi connectivity index (χ1v) is 7.27. The Morgan fingerprint density at radius 2 is 2.00 bits per heavy atom. The summed E-state index contributed by atoms with van der Waals surface area (Å²) < 4.78 is 18.9. The highest BCUT2D eigenvalue weighted by atomic mass is 19.1. The molecule has 0 aliphatic rings. The van der Waals surface area contributed by atoms with Crippen molar-refractivity contribution in [2.24, 2.45) is 4.99 Å². The summed E-state index contributed by atoms with van der Waals surface area (Å²) in [5.74, 6) is 0.536. The molecule has 0 radical (unpaired) electrons. The van der Waals surface area contributed by atoms with Crippen LogP contribution >= 0.6 is 0 Å². The number of nitrogens with one attached hydrogen (secondary N) is 2. The quantitative estimate of drug-likeness (QED) is 0.461. The molecule has 1 aromatic rings. The molecule has 4 nitrogen and oxygen atoms in total. The molecule has 0 aliphatic carbocycles. The summed E-state index contributed by atoms with van der Waals surface area (Å²) in [6, 6.07) is 6.86. The second kappa shape index (κ2) is 8.62. The molecule has 0 aromatic heterocycles. The number of aliphatic imine (C=N–C) groups is 1. The van der Waals surface area contributed by atoms with Gasteiger partial charge in [0.25, 0.3) is 0 Å². The molecule has 0 aliphatic heterocycles. The molecule has 0 spiro atoms. The summed E-state index contributed by atoms with van der Waals surface area (Å²) in [4.78, 5) is 4.55. The van der Waals surface area contributed by atoms with Gasteiger partial charge in [-0.15, -0.1) is 0 Å². The molecule has 0 bridgehead atoms. The zero-order valence-electron chi connectivity index (χ0n) is 13.4. The van der Waals surface area contributed by atoms with Gasteiger partial charge in [0, 0.05) is 25.6 Å². The molecule has 21 heavy (non-hydrogen) atoms. The van der Waals surface area contributed by atoms with Crippen LogP contribution in [0.25, 0.3) is 0 Å². The Bertz CT molecular complexity index is 461. The molecule has 0 atom stereocenters. The molecule has 0 fully saturated rings. The Hall–Kier alpha value is -1.62. The number of hydrogen-bond acceptors (Lipinski definition) is 2. The summed E-state index contributed by atoms with van der Waals surface area (Å²) in [5, 5.41) is 6.35. The van der Waals surface area contributed by atoms with Crippen molar-refractivity contribution in [1.29, 1.82) is 0 Å². The van der Waals surface area contributed by atoms with Crippen LogP contribution in [0.5, 0.6) is 0 Å². The van der Waals surface area contributed by atoms with E-state index >= 15 is 0 Å². The van der Waals surface area contributed by atoms with E-state index in [1.165, 1.54) is 6.07 Å². The fourth-order valence-corrected chi connectivity index (χ4v) is 1.99. The number of halogens is 1. The summed E-state index contributed by atoms with van der Waals surface area (Å²) in [6.45, 7) is 8.57. The van der Waals surface area contributed by atoms with Crippen molar-refractivity contribution < 1.29 is 9.13 Å². The third kappa shape index (κ3) is 5.71. The molecular weight excluding hydrogens is 269 g/mol. The highest BCUT2D eigenvalue weighted by molar-refractivity contribution is 5.79. The van der Waals surface area contributed by atoms with Crippen molar-refractivity contribution in [1.82, 2.24) is 10.6 Å². The number of nitrogens with zero attached hydrogens (tertiary/aromatic N) is 1. The first kappa shape index (κ1) is 17.4. The number of methoxy groups -OCH3 is 1. The Morgan fingerprint density at radius 1 is 1.29 bits per heavy atom. The highest BCUT2D eigenvalue weighted by Crippen LogP contribution is 2.25. The van der Waals surface area contributed by atoms with E-state index in [9.17, 15) is 4.39 Å². The van der Waals surface area contributed by atoms with Gasteiger partial charge in [0.05, 0.1) is 13.2 Å². The van der Waals surface area contributed by atoms with Gasteiger partial charge in [-0.05, 0) is 18.6 Å². The maximum atomic E-state index is 13.9. The van der Waals surface area contributed by atoms with E-state index in [1.54, 1.807) is 13.2 Å². The van der Waals surface area contributed by atoms with E-state index in [0.29, 0.717) is 25.3 Å². The Morgan fingerprint density at radius 3 is 2.62 bits per heavy atom. The number of benzene rings is 1. The minimum Gasteiger partial charge on any atom is -0.383 e. The van der Waals surface area contributed by atoms with Gasteiger partial charge in [0.15, 0.2) is 5.96 Å². The van der Waals surface area contributed by atoms with Crippen molar-refractivity contribution in [3.05, 3.63) is 35.6 Å². The van der Waals surface area contributed by atoms with E-state index in [-0.39, 0.29) is 11.2 Å². The zero-order chi connectivity index (χ0) is 15.7. The number of guanidine groups is 1. The SMILES string of the molecule is CCNC(=NCC(C)(C)c1ccccc1F)NCCOC. The van der Waals surface area contributed by atoms with E-state index in [4.69, 9.17) is 4.74 Å². The van der Waals surface area contributed by atoms with E-state index < -0.39 is 0 Å². The lowest BCUT2D eigenvalue weighted by molar-refractivity contribution is 0.203. The van der Waals surface area contributed by atoms with Crippen LogP contribution in [-0.2, 0) is 10.2 Å². The summed E-state index contributed by atoms with van der Waals surface area (Å²) in [5.41, 5.74) is 0.316. The lowest BCUT2D eigenvalue weighted by Crippen LogP contribution is -2.40. The highest BCUT2D eigenvalue weighted by Gasteiger charge is 2.23.